The molecule has 0 fully saturated rings. The molecule has 0 radical (unpaired) electrons. The van der Waals surface area contributed by atoms with Crippen LogP contribution in [0, 0.1) is 0 Å². The molecule has 0 unspecified atom stereocenters. The van der Waals surface area contributed by atoms with Gasteiger partial charge in [0.2, 0.25) is 0 Å². The third kappa shape index (κ3) is 18.5. The highest BCUT2D eigenvalue weighted by Crippen LogP contribution is 1.73. The molecule has 24 valence electrons. The lowest BCUT2D eigenvalue weighted by Gasteiger charge is -1.77. The van der Waals surface area contributed by atoms with Crippen molar-refractivity contribution in [2.45, 2.75) is 0 Å². The van der Waals surface area contributed by atoms with Crippen molar-refractivity contribution in [3.63, 3.8) is 0 Å². The van der Waals surface area contributed by atoms with E-state index < -0.39 is 0 Å². The molecule has 0 rings (SSSR count). The van der Waals surface area contributed by atoms with Crippen molar-refractivity contribution >= 4 is 40.1 Å². The van der Waals surface area contributed by atoms with Gasteiger partial charge < -0.3 is 24.8 Å². The maximum absolute atomic E-state index is 4.82. The molecule has 0 amide bonds. The van der Waals surface area contributed by atoms with E-state index >= 15 is 0 Å². The molecular formula is CClS2-. The summed E-state index contributed by atoms with van der Waals surface area (Å²) in [6, 6.07) is 0. The van der Waals surface area contributed by atoms with Gasteiger partial charge in [0.15, 0.2) is 0 Å². The van der Waals surface area contributed by atoms with E-state index in [9.17, 15) is 0 Å². The van der Waals surface area contributed by atoms with Crippen LogP contribution in [-0.2, 0) is 12.6 Å². The van der Waals surface area contributed by atoms with Crippen LogP contribution in [0.5, 0.6) is 0 Å². The molecule has 0 saturated carbocycles. The van der Waals surface area contributed by atoms with Gasteiger partial charge in [-0.25, -0.2) is 0 Å². The van der Waals surface area contributed by atoms with Crippen LogP contribution in [0.2, 0.25) is 0 Å². The van der Waals surface area contributed by atoms with Crippen molar-refractivity contribution in [3.05, 3.63) is 0 Å². The minimum absolute atomic E-state index is 0.0556. The predicted molar refractivity (Wildman–Crippen MR) is 25.8 cm³/mol. The standard InChI is InChI=1S/CHClS2/c2-1(3)4/h(H,3,4)/p-1. The lowest BCUT2D eigenvalue weighted by Crippen LogP contribution is -1.58. The molecule has 0 saturated heterocycles. The lowest BCUT2D eigenvalue weighted by molar-refractivity contribution is 4.02. The van der Waals surface area contributed by atoms with Crippen molar-refractivity contribution in [1.29, 1.82) is 0 Å². The molecule has 0 N–H and O–H groups in total. The van der Waals surface area contributed by atoms with Crippen LogP contribution >= 0.6 is 23.8 Å². The minimum Gasteiger partial charge on any atom is -0.417 e. The second-order valence-electron chi connectivity index (χ2n) is 0.238. The Morgan fingerprint density at radius 1 is 2.00 bits per heavy atom. The first-order chi connectivity index (χ1) is 1.73. The first kappa shape index (κ1) is 4.60. The monoisotopic (exact) mass is 111 g/mol. The summed E-state index contributed by atoms with van der Waals surface area (Å²) in [6.07, 6.45) is 0. The van der Waals surface area contributed by atoms with Gasteiger partial charge in [-0.3, -0.25) is 0 Å². The molecule has 4 heavy (non-hydrogen) atoms. The van der Waals surface area contributed by atoms with E-state index in [0.717, 1.165) is 0 Å². The van der Waals surface area contributed by atoms with E-state index in [0.29, 0.717) is 0 Å². The summed E-state index contributed by atoms with van der Waals surface area (Å²) < 4.78 is 0.0556. The van der Waals surface area contributed by atoms with Crippen LogP contribution in [0.15, 0.2) is 0 Å². The van der Waals surface area contributed by atoms with E-state index in [1.165, 1.54) is 0 Å². The molecule has 0 aromatic carbocycles. The van der Waals surface area contributed by atoms with Gasteiger partial charge >= 0.3 is 0 Å². The number of rotatable bonds is 0. The molecule has 0 nitrogen and oxygen atoms in total. The lowest BCUT2D eigenvalue weighted by atomic mass is 11.9. The van der Waals surface area contributed by atoms with Gasteiger partial charge in [-0.1, -0.05) is 3.66 Å². The third-order valence-corrected chi connectivity index (χ3v) is 0. The summed E-state index contributed by atoms with van der Waals surface area (Å²) in [4.78, 5) is 0. The summed E-state index contributed by atoms with van der Waals surface area (Å²) in [5, 5.41) is 0. The maximum atomic E-state index is 4.82. The van der Waals surface area contributed by atoms with Crippen LogP contribution in [0.4, 0.5) is 0 Å². The highest BCUT2D eigenvalue weighted by Gasteiger charge is 1.42. The van der Waals surface area contributed by atoms with Gasteiger partial charge in [-0.15, -0.1) is 11.6 Å². The van der Waals surface area contributed by atoms with Crippen LogP contribution in [0.1, 0.15) is 0 Å². The number of hydrogen-bond acceptors (Lipinski definition) is 2. The van der Waals surface area contributed by atoms with Crippen molar-refractivity contribution in [1.82, 2.24) is 0 Å². The topological polar surface area (TPSA) is 0 Å². The SMILES string of the molecule is S=C([S-])Cl. The number of halogens is 1. The summed E-state index contributed by atoms with van der Waals surface area (Å²) in [6.45, 7) is 0. The molecule has 0 aliphatic carbocycles. The zero-order valence-corrected chi connectivity index (χ0v) is 4.08. The van der Waals surface area contributed by atoms with Crippen LogP contribution in [-0.4, -0.2) is 3.66 Å². The molecule has 0 aromatic rings. The Bertz CT molecular complexity index is 29.0. The summed E-state index contributed by atoms with van der Waals surface area (Å²) >= 11 is 13.1. The Morgan fingerprint density at radius 2 is 2.00 bits per heavy atom. The number of thiocarbonyl (C=S) groups is 1. The Balaban J connectivity index is 2.80. The second-order valence-corrected chi connectivity index (χ2v) is 2.14. The summed E-state index contributed by atoms with van der Waals surface area (Å²) in [5.74, 6) is 0. The highest BCUT2D eigenvalue weighted by molar-refractivity contribution is 8.04. The fourth-order valence-corrected chi connectivity index (χ4v) is 0. The highest BCUT2D eigenvalue weighted by atomic mass is 35.5. The summed E-state index contributed by atoms with van der Waals surface area (Å²) in [7, 11) is 0. The van der Waals surface area contributed by atoms with Gasteiger partial charge in [0, 0.05) is 0 Å². The largest absolute Gasteiger partial charge is 0.417 e. The zero-order valence-electron chi connectivity index (χ0n) is 1.69. The molecule has 0 aliphatic rings. The molecular weight excluding hydrogens is 112 g/mol. The van der Waals surface area contributed by atoms with Gasteiger partial charge in [0.1, 0.15) is 0 Å². The first-order valence-corrected chi connectivity index (χ1v) is 1.79. The predicted octanol–water partition coefficient (Wildman–Crippen LogP) is 1.06. The van der Waals surface area contributed by atoms with Gasteiger partial charge in [-0.2, -0.15) is 0 Å². The smallest absolute Gasteiger partial charge is 0.0595 e. The fraction of sp³-hybridized carbons (Fsp3) is 0. The molecule has 0 aliphatic heterocycles. The van der Waals surface area contributed by atoms with E-state index in [1.807, 2.05) is 0 Å². The van der Waals surface area contributed by atoms with Gasteiger partial charge in [0.05, 0.1) is 0 Å². The Hall–Kier alpha value is 0.600. The van der Waals surface area contributed by atoms with Gasteiger partial charge in [0.25, 0.3) is 0 Å². The van der Waals surface area contributed by atoms with E-state index in [4.69, 9.17) is 11.6 Å². The fourth-order valence-electron chi connectivity index (χ4n) is 0. The average molecular weight is 112 g/mol. The second kappa shape index (κ2) is 1.88. The molecule has 0 aromatic heterocycles. The average Bonchev–Trinajstić information content (AvgIpc) is 0.811. The van der Waals surface area contributed by atoms with E-state index in [2.05, 4.69) is 24.8 Å². The quantitative estimate of drug-likeness (QED) is 0.261. The summed E-state index contributed by atoms with van der Waals surface area (Å²) in [5.41, 5.74) is 0. The van der Waals surface area contributed by atoms with Crippen molar-refractivity contribution in [2.75, 3.05) is 0 Å². The minimum atomic E-state index is 0.0556. The Labute approximate surface area is 40.6 Å². The zero-order chi connectivity index (χ0) is 3.58. The van der Waals surface area contributed by atoms with Crippen molar-refractivity contribution in [2.24, 2.45) is 0 Å². The molecule has 0 atom stereocenters. The normalized spacial score (nSPS) is 6.25. The van der Waals surface area contributed by atoms with Crippen molar-refractivity contribution < 1.29 is 0 Å². The molecule has 0 heterocycles. The van der Waals surface area contributed by atoms with Crippen LogP contribution < -0.4 is 0 Å². The van der Waals surface area contributed by atoms with Gasteiger partial charge in [-0.05, 0) is 0 Å². The molecule has 0 spiro atoms. The Morgan fingerprint density at radius 3 is 2.00 bits per heavy atom. The molecule has 0 bridgehead atoms. The van der Waals surface area contributed by atoms with E-state index in [-0.39, 0.29) is 3.66 Å². The molecule has 3 heteroatoms. The van der Waals surface area contributed by atoms with Crippen molar-refractivity contribution in [3.8, 4) is 0 Å². The third-order valence-electron chi connectivity index (χ3n) is 0. The Kier molecular flexibility index (Phi) is 2.16. The van der Waals surface area contributed by atoms with Crippen LogP contribution in [0.25, 0.3) is 0 Å². The van der Waals surface area contributed by atoms with E-state index in [1.54, 1.807) is 0 Å². The maximum Gasteiger partial charge on any atom is -0.0595 e. The van der Waals surface area contributed by atoms with Crippen LogP contribution in [0.3, 0.4) is 0 Å². The number of hydrogen-bond donors (Lipinski definition) is 0. The first-order valence-electron chi connectivity index (χ1n) is 0.597.